The van der Waals surface area contributed by atoms with Gasteiger partial charge in [0.1, 0.15) is 0 Å². The van der Waals surface area contributed by atoms with Crippen LogP contribution >= 0.6 is 11.6 Å². The van der Waals surface area contributed by atoms with Crippen LogP contribution < -0.4 is 4.74 Å². The summed E-state index contributed by atoms with van der Waals surface area (Å²) < 4.78 is 32.0. The molecule has 2 aromatic rings. The number of methoxy groups -OCH3 is 1. The largest absolute Gasteiger partial charge is 0.504 e. The molecule has 0 spiro atoms. The minimum absolute atomic E-state index is 0.0670. The molecule has 1 aliphatic rings. The van der Waals surface area contributed by atoms with Crippen molar-refractivity contribution in [2.24, 2.45) is 0 Å². The number of nitrogens with zero attached hydrogens (tertiary/aromatic N) is 1. The molecule has 0 fully saturated rings. The summed E-state index contributed by atoms with van der Waals surface area (Å²) in [5.74, 6) is 0.406. The van der Waals surface area contributed by atoms with Gasteiger partial charge in [0, 0.05) is 18.1 Å². The maximum absolute atomic E-state index is 12.8. The lowest BCUT2D eigenvalue weighted by atomic mass is 10.0. The predicted octanol–water partition coefficient (Wildman–Crippen LogP) is 2.80. The van der Waals surface area contributed by atoms with Gasteiger partial charge in [0.05, 0.1) is 12.0 Å². The Morgan fingerprint density at radius 1 is 1.22 bits per heavy atom. The second-order valence-electron chi connectivity index (χ2n) is 5.34. The minimum Gasteiger partial charge on any atom is -0.504 e. The van der Waals surface area contributed by atoms with E-state index in [2.05, 4.69) is 0 Å². The third kappa shape index (κ3) is 3.02. The van der Waals surface area contributed by atoms with E-state index in [4.69, 9.17) is 16.3 Å². The molecule has 23 heavy (non-hydrogen) atoms. The van der Waals surface area contributed by atoms with Gasteiger partial charge in [-0.1, -0.05) is 17.7 Å². The molecule has 7 heteroatoms. The number of phenols is 1. The van der Waals surface area contributed by atoms with E-state index in [1.54, 1.807) is 24.3 Å². The summed E-state index contributed by atoms with van der Waals surface area (Å²) in [4.78, 5) is 0.180. The van der Waals surface area contributed by atoms with Crippen LogP contribution in [0.25, 0.3) is 0 Å². The lowest BCUT2D eigenvalue weighted by Gasteiger charge is -2.28. The highest BCUT2D eigenvalue weighted by atomic mass is 35.5. The lowest BCUT2D eigenvalue weighted by Crippen LogP contribution is -2.35. The summed E-state index contributed by atoms with van der Waals surface area (Å²) in [5, 5.41) is 10.2. The third-order valence-corrected chi connectivity index (χ3v) is 5.99. The van der Waals surface area contributed by atoms with E-state index in [1.165, 1.54) is 23.5 Å². The predicted molar refractivity (Wildman–Crippen MR) is 87.4 cm³/mol. The van der Waals surface area contributed by atoms with E-state index in [0.717, 1.165) is 11.1 Å². The number of phenolic OH excluding ortho intramolecular Hbond substituents is 1. The van der Waals surface area contributed by atoms with Crippen molar-refractivity contribution in [3.05, 3.63) is 52.5 Å². The maximum Gasteiger partial charge on any atom is 0.243 e. The summed E-state index contributed by atoms with van der Waals surface area (Å²) in [7, 11) is -2.15. The van der Waals surface area contributed by atoms with Crippen LogP contribution in [0.3, 0.4) is 0 Å². The number of ether oxygens (including phenoxy) is 1. The molecule has 0 amide bonds. The average Bonchev–Trinajstić information content (AvgIpc) is 2.53. The van der Waals surface area contributed by atoms with E-state index in [-0.39, 0.29) is 17.2 Å². The average molecular weight is 354 g/mol. The van der Waals surface area contributed by atoms with Crippen molar-refractivity contribution in [3.8, 4) is 11.5 Å². The van der Waals surface area contributed by atoms with Crippen molar-refractivity contribution in [2.75, 3.05) is 13.7 Å². The molecule has 0 aliphatic carbocycles. The van der Waals surface area contributed by atoms with Crippen LogP contribution in [0.1, 0.15) is 11.1 Å². The van der Waals surface area contributed by atoms with Crippen LogP contribution in [0.15, 0.2) is 41.3 Å². The normalized spacial score (nSPS) is 15.2. The Balaban J connectivity index is 1.95. The molecule has 0 atom stereocenters. The molecular weight excluding hydrogens is 338 g/mol. The van der Waals surface area contributed by atoms with Crippen LogP contribution in [0.2, 0.25) is 5.02 Å². The smallest absolute Gasteiger partial charge is 0.243 e. The molecule has 5 nitrogen and oxygen atoms in total. The second-order valence-corrected chi connectivity index (χ2v) is 7.71. The Hall–Kier alpha value is -1.76. The second kappa shape index (κ2) is 6.03. The van der Waals surface area contributed by atoms with E-state index in [0.29, 0.717) is 23.7 Å². The molecule has 122 valence electrons. The quantitative estimate of drug-likeness (QED) is 0.921. The first-order valence-corrected chi connectivity index (χ1v) is 8.88. The fourth-order valence-corrected chi connectivity index (χ4v) is 4.41. The van der Waals surface area contributed by atoms with E-state index in [1.807, 2.05) is 0 Å². The van der Waals surface area contributed by atoms with Gasteiger partial charge in [-0.2, -0.15) is 4.31 Å². The molecule has 1 N–H and O–H groups in total. The molecule has 0 bridgehead atoms. The van der Waals surface area contributed by atoms with E-state index in [9.17, 15) is 13.5 Å². The van der Waals surface area contributed by atoms with Crippen LogP contribution in [-0.2, 0) is 23.0 Å². The van der Waals surface area contributed by atoms with Gasteiger partial charge in [0.25, 0.3) is 0 Å². The summed E-state index contributed by atoms with van der Waals surface area (Å²) in [6, 6.07) is 9.56. The van der Waals surface area contributed by atoms with Gasteiger partial charge in [-0.15, -0.1) is 0 Å². The zero-order chi connectivity index (χ0) is 16.6. The molecule has 2 aromatic carbocycles. The molecule has 0 aromatic heterocycles. The first-order chi connectivity index (χ1) is 10.9. The van der Waals surface area contributed by atoms with Gasteiger partial charge < -0.3 is 9.84 Å². The van der Waals surface area contributed by atoms with E-state index < -0.39 is 10.0 Å². The summed E-state index contributed by atoms with van der Waals surface area (Å²) >= 11 is 5.90. The van der Waals surface area contributed by atoms with Crippen molar-refractivity contribution >= 4 is 21.6 Å². The molecule has 0 saturated heterocycles. The molecule has 1 aliphatic heterocycles. The zero-order valence-electron chi connectivity index (χ0n) is 12.5. The lowest BCUT2D eigenvalue weighted by molar-refractivity contribution is 0.363. The molecular formula is C16H16ClNO4S. The van der Waals surface area contributed by atoms with Gasteiger partial charge >= 0.3 is 0 Å². The Bertz CT molecular complexity index is 851. The van der Waals surface area contributed by atoms with Crippen molar-refractivity contribution in [1.29, 1.82) is 0 Å². The van der Waals surface area contributed by atoms with Gasteiger partial charge in [-0.25, -0.2) is 8.42 Å². The first-order valence-electron chi connectivity index (χ1n) is 7.06. The highest BCUT2D eigenvalue weighted by Crippen LogP contribution is 2.34. The van der Waals surface area contributed by atoms with Gasteiger partial charge in [0.2, 0.25) is 10.0 Å². The molecule has 3 rings (SSSR count). The zero-order valence-corrected chi connectivity index (χ0v) is 14.1. The molecule has 1 heterocycles. The minimum atomic E-state index is -3.61. The monoisotopic (exact) mass is 353 g/mol. The number of hydrogen-bond donors (Lipinski definition) is 1. The molecule has 0 unspecified atom stereocenters. The van der Waals surface area contributed by atoms with Crippen molar-refractivity contribution in [3.63, 3.8) is 0 Å². The summed E-state index contributed by atoms with van der Waals surface area (Å²) in [5.41, 5.74) is 1.76. The molecule has 0 radical (unpaired) electrons. The number of rotatable bonds is 3. The topological polar surface area (TPSA) is 66.8 Å². The van der Waals surface area contributed by atoms with E-state index >= 15 is 0 Å². The van der Waals surface area contributed by atoms with Crippen molar-refractivity contribution < 1.29 is 18.3 Å². The maximum atomic E-state index is 12.8. The summed E-state index contributed by atoms with van der Waals surface area (Å²) in [6.45, 7) is 0.592. The van der Waals surface area contributed by atoms with Gasteiger partial charge in [-0.3, -0.25) is 0 Å². The number of halogens is 1. The van der Waals surface area contributed by atoms with Crippen LogP contribution in [0, 0.1) is 0 Å². The Kier molecular flexibility index (Phi) is 4.23. The third-order valence-electron chi connectivity index (χ3n) is 3.91. The number of sulfonamides is 1. The van der Waals surface area contributed by atoms with Crippen LogP contribution in [-0.4, -0.2) is 31.5 Å². The Morgan fingerprint density at radius 2 is 2.00 bits per heavy atom. The first kappa shape index (κ1) is 16.1. The standard InChI is InChI=1S/C16H16ClNO4S/c1-22-16-8-12-10-18(6-5-11(12)7-15(16)19)23(20,21)14-4-2-3-13(17)9-14/h2-4,7-9,19H,5-6,10H2,1H3. The summed E-state index contributed by atoms with van der Waals surface area (Å²) in [6.07, 6.45) is 0.534. The number of aromatic hydroxyl groups is 1. The molecule has 0 saturated carbocycles. The number of benzene rings is 2. The fraction of sp³-hybridized carbons (Fsp3) is 0.250. The number of hydrogen-bond acceptors (Lipinski definition) is 4. The highest BCUT2D eigenvalue weighted by molar-refractivity contribution is 7.89. The highest BCUT2D eigenvalue weighted by Gasteiger charge is 2.29. The van der Waals surface area contributed by atoms with Gasteiger partial charge in [-0.05, 0) is 47.9 Å². The van der Waals surface area contributed by atoms with Crippen molar-refractivity contribution in [1.82, 2.24) is 4.31 Å². The van der Waals surface area contributed by atoms with Gasteiger partial charge in [0.15, 0.2) is 11.5 Å². The van der Waals surface area contributed by atoms with Crippen molar-refractivity contribution in [2.45, 2.75) is 17.9 Å². The number of fused-ring (bicyclic) bond motifs is 1. The van der Waals surface area contributed by atoms with Crippen LogP contribution in [0.5, 0.6) is 11.5 Å². The van der Waals surface area contributed by atoms with Crippen LogP contribution in [0.4, 0.5) is 0 Å². The fourth-order valence-electron chi connectivity index (χ4n) is 2.69. The Labute approximate surface area is 140 Å². The Morgan fingerprint density at radius 3 is 2.70 bits per heavy atom. The SMILES string of the molecule is COc1cc2c(cc1O)CCN(S(=O)(=O)c1cccc(Cl)c1)C2.